The number of ether oxygens (including phenoxy) is 2. The zero-order valence-electron chi connectivity index (χ0n) is 15.0. The first-order valence-electron chi connectivity index (χ1n) is 8.50. The van der Waals surface area contributed by atoms with Gasteiger partial charge in [0.15, 0.2) is 15.8 Å². The van der Waals surface area contributed by atoms with Gasteiger partial charge in [-0.1, -0.05) is 42.2 Å². The van der Waals surface area contributed by atoms with Gasteiger partial charge in [-0.05, 0) is 49.8 Å². The van der Waals surface area contributed by atoms with Gasteiger partial charge < -0.3 is 14.6 Å². The molecule has 1 saturated heterocycles. The molecule has 0 saturated carbocycles. The first-order chi connectivity index (χ1) is 13.0. The van der Waals surface area contributed by atoms with Gasteiger partial charge in [-0.3, -0.25) is 9.69 Å². The molecule has 0 spiro atoms. The fourth-order valence-corrected chi connectivity index (χ4v) is 3.92. The van der Waals surface area contributed by atoms with Gasteiger partial charge in [-0.15, -0.1) is 0 Å². The van der Waals surface area contributed by atoms with Crippen LogP contribution in [0.4, 0.5) is 5.69 Å². The van der Waals surface area contributed by atoms with Crippen LogP contribution in [0.2, 0.25) is 0 Å². The summed E-state index contributed by atoms with van der Waals surface area (Å²) in [6.07, 6.45) is 1.74. The lowest BCUT2D eigenvalue weighted by Gasteiger charge is -2.18. The lowest BCUT2D eigenvalue weighted by atomic mass is 10.2. The molecule has 0 radical (unpaired) electrons. The van der Waals surface area contributed by atoms with Gasteiger partial charge in [-0.25, -0.2) is 0 Å². The van der Waals surface area contributed by atoms with Crippen LogP contribution in [0.3, 0.4) is 0 Å². The van der Waals surface area contributed by atoms with Crippen molar-refractivity contribution in [2.24, 2.45) is 0 Å². The summed E-state index contributed by atoms with van der Waals surface area (Å²) in [6, 6.07) is 12.3. The summed E-state index contributed by atoms with van der Waals surface area (Å²) in [7, 11) is 0. The molecule has 140 valence electrons. The monoisotopic (exact) mass is 401 g/mol. The Morgan fingerprint density at radius 2 is 1.81 bits per heavy atom. The predicted octanol–water partition coefficient (Wildman–Crippen LogP) is 4.60. The number of phenols is 1. The van der Waals surface area contributed by atoms with E-state index in [0.29, 0.717) is 39.6 Å². The SMILES string of the molecule is CCOc1cc(/C=C2/SC(=S)N(c3ccccc3OCC)C2=O)ccc1O. The third-order valence-corrected chi connectivity index (χ3v) is 5.08. The van der Waals surface area contributed by atoms with Crippen molar-refractivity contribution in [3.63, 3.8) is 0 Å². The Bertz CT molecular complexity index is 911. The second-order valence-corrected chi connectivity index (χ2v) is 7.25. The molecule has 1 heterocycles. The number of nitrogens with zero attached hydrogens (tertiary/aromatic N) is 1. The molecule has 2 aromatic rings. The molecule has 27 heavy (non-hydrogen) atoms. The van der Waals surface area contributed by atoms with Crippen molar-refractivity contribution in [2.75, 3.05) is 18.1 Å². The minimum Gasteiger partial charge on any atom is -0.504 e. The fraction of sp³-hybridized carbons (Fsp3) is 0.200. The summed E-state index contributed by atoms with van der Waals surface area (Å²) < 4.78 is 11.5. The molecule has 0 unspecified atom stereocenters. The first-order valence-corrected chi connectivity index (χ1v) is 9.73. The Labute approximate surface area is 167 Å². The lowest BCUT2D eigenvalue weighted by molar-refractivity contribution is -0.113. The maximum Gasteiger partial charge on any atom is 0.270 e. The molecule has 7 heteroatoms. The second-order valence-electron chi connectivity index (χ2n) is 5.58. The van der Waals surface area contributed by atoms with Gasteiger partial charge in [0.2, 0.25) is 0 Å². The van der Waals surface area contributed by atoms with Crippen molar-refractivity contribution in [1.82, 2.24) is 0 Å². The number of rotatable bonds is 6. The number of thioether (sulfide) groups is 1. The number of aromatic hydroxyl groups is 1. The van der Waals surface area contributed by atoms with Crippen molar-refractivity contribution >= 4 is 46.0 Å². The average Bonchev–Trinajstić information content (AvgIpc) is 2.92. The van der Waals surface area contributed by atoms with E-state index >= 15 is 0 Å². The molecule has 0 atom stereocenters. The average molecular weight is 402 g/mol. The highest BCUT2D eigenvalue weighted by atomic mass is 32.2. The zero-order valence-corrected chi connectivity index (χ0v) is 16.6. The van der Waals surface area contributed by atoms with E-state index in [9.17, 15) is 9.90 Å². The highest BCUT2D eigenvalue weighted by Gasteiger charge is 2.34. The molecule has 1 aliphatic heterocycles. The second kappa shape index (κ2) is 8.45. The summed E-state index contributed by atoms with van der Waals surface area (Å²) in [4.78, 5) is 15.0. The molecule has 0 aliphatic carbocycles. The summed E-state index contributed by atoms with van der Waals surface area (Å²) in [5.74, 6) is 0.847. The minimum absolute atomic E-state index is 0.0622. The standard InChI is InChI=1S/C20H19NO4S2/c1-3-24-16-8-6-5-7-14(16)21-19(23)18(27-20(21)26)12-13-9-10-15(22)17(11-13)25-4-2/h5-12,22H,3-4H2,1-2H3/b18-12+. The molecule has 1 N–H and O–H groups in total. The topological polar surface area (TPSA) is 59.0 Å². The lowest BCUT2D eigenvalue weighted by Crippen LogP contribution is -2.28. The highest BCUT2D eigenvalue weighted by molar-refractivity contribution is 8.27. The van der Waals surface area contributed by atoms with E-state index in [4.69, 9.17) is 21.7 Å². The third kappa shape index (κ3) is 4.09. The third-order valence-electron chi connectivity index (χ3n) is 3.78. The molecule has 2 aromatic carbocycles. The van der Waals surface area contributed by atoms with Crippen molar-refractivity contribution < 1.29 is 19.4 Å². The van der Waals surface area contributed by atoms with Crippen LogP contribution < -0.4 is 14.4 Å². The number of hydrogen-bond donors (Lipinski definition) is 1. The Balaban J connectivity index is 1.93. The van der Waals surface area contributed by atoms with E-state index in [-0.39, 0.29) is 11.7 Å². The maximum atomic E-state index is 13.0. The van der Waals surface area contributed by atoms with E-state index in [1.54, 1.807) is 24.3 Å². The van der Waals surface area contributed by atoms with E-state index in [0.717, 1.165) is 5.56 Å². The van der Waals surface area contributed by atoms with Gasteiger partial charge in [0, 0.05) is 0 Å². The molecule has 1 aliphatic rings. The van der Waals surface area contributed by atoms with Crippen molar-refractivity contribution in [3.05, 3.63) is 52.9 Å². The van der Waals surface area contributed by atoms with Gasteiger partial charge in [-0.2, -0.15) is 0 Å². The molecule has 3 rings (SSSR count). The van der Waals surface area contributed by atoms with Crippen LogP contribution in [-0.4, -0.2) is 28.5 Å². The zero-order chi connectivity index (χ0) is 19.4. The van der Waals surface area contributed by atoms with E-state index in [1.807, 2.05) is 38.1 Å². The molecule has 0 aromatic heterocycles. The van der Waals surface area contributed by atoms with E-state index in [1.165, 1.54) is 16.7 Å². The molecule has 0 bridgehead atoms. The molecule has 1 fully saturated rings. The van der Waals surface area contributed by atoms with Gasteiger partial charge in [0.1, 0.15) is 5.75 Å². The van der Waals surface area contributed by atoms with Crippen LogP contribution in [0, 0.1) is 0 Å². The van der Waals surface area contributed by atoms with E-state index < -0.39 is 0 Å². The number of para-hydroxylation sites is 2. The molecular formula is C20H19NO4S2. The summed E-state index contributed by atoms with van der Waals surface area (Å²) in [5.41, 5.74) is 1.38. The number of carbonyl (C=O) groups excluding carboxylic acids is 1. The van der Waals surface area contributed by atoms with Crippen LogP contribution in [0.25, 0.3) is 6.08 Å². The number of benzene rings is 2. The normalized spacial score (nSPS) is 15.5. The summed E-state index contributed by atoms with van der Waals surface area (Å²) in [5, 5.41) is 9.83. The van der Waals surface area contributed by atoms with Gasteiger partial charge in [0.05, 0.1) is 23.8 Å². The van der Waals surface area contributed by atoms with Crippen molar-refractivity contribution in [1.29, 1.82) is 0 Å². The Morgan fingerprint density at radius 3 is 2.56 bits per heavy atom. The number of thiocarbonyl (C=S) groups is 1. The number of anilines is 1. The first kappa shape index (κ1) is 19.3. The molecular weight excluding hydrogens is 382 g/mol. The smallest absolute Gasteiger partial charge is 0.270 e. The van der Waals surface area contributed by atoms with Crippen molar-refractivity contribution in [3.8, 4) is 17.2 Å². The van der Waals surface area contributed by atoms with E-state index in [2.05, 4.69) is 0 Å². The quantitative estimate of drug-likeness (QED) is 0.564. The summed E-state index contributed by atoms with van der Waals surface area (Å²) >= 11 is 6.66. The van der Waals surface area contributed by atoms with Crippen LogP contribution >= 0.6 is 24.0 Å². The van der Waals surface area contributed by atoms with Crippen molar-refractivity contribution in [2.45, 2.75) is 13.8 Å². The van der Waals surface area contributed by atoms with Crippen LogP contribution in [0.1, 0.15) is 19.4 Å². The number of hydrogen-bond acceptors (Lipinski definition) is 6. The number of amides is 1. The Kier molecular flexibility index (Phi) is 6.03. The Hall–Kier alpha value is -2.51. The summed E-state index contributed by atoms with van der Waals surface area (Å²) in [6.45, 7) is 4.66. The van der Waals surface area contributed by atoms with Crippen LogP contribution in [-0.2, 0) is 4.79 Å². The van der Waals surface area contributed by atoms with Crippen LogP contribution in [0.5, 0.6) is 17.2 Å². The molecule has 1 amide bonds. The maximum absolute atomic E-state index is 13.0. The minimum atomic E-state index is -0.205. The van der Waals surface area contributed by atoms with Gasteiger partial charge >= 0.3 is 0 Å². The fourth-order valence-electron chi connectivity index (χ4n) is 2.64. The predicted molar refractivity (Wildman–Crippen MR) is 113 cm³/mol. The largest absolute Gasteiger partial charge is 0.504 e. The number of phenolic OH excluding ortho intramolecular Hbond substituents is 1. The van der Waals surface area contributed by atoms with Crippen LogP contribution in [0.15, 0.2) is 47.4 Å². The molecule has 5 nitrogen and oxygen atoms in total. The highest BCUT2D eigenvalue weighted by Crippen LogP contribution is 2.40. The Morgan fingerprint density at radius 1 is 1.11 bits per heavy atom. The number of carbonyl (C=O) groups is 1. The van der Waals surface area contributed by atoms with Gasteiger partial charge in [0.25, 0.3) is 5.91 Å².